The summed E-state index contributed by atoms with van der Waals surface area (Å²) in [5, 5.41) is 15.9. The van der Waals surface area contributed by atoms with E-state index in [1.807, 2.05) is 59.6 Å². The Morgan fingerprint density at radius 3 is 2.65 bits per heavy atom. The zero-order valence-electron chi connectivity index (χ0n) is 12.5. The fraction of sp³-hybridized carbons (Fsp3) is 0.211. The molecule has 4 nitrogen and oxygen atoms in total. The van der Waals surface area contributed by atoms with E-state index >= 15 is 0 Å². The number of benzene rings is 2. The molecular weight excluding hydrogens is 286 g/mol. The van der Waals surface area contributed by atoms with Gasteiger partial charge in [0, 0.05) is 5.56 Å². The van der Waals surface area contributed by atoms with Crippen molar-refractivity contribution >= 4 is 12.0 Å². The van der Waals surface area contributed by atoms with Crippen molar-refractivity contribution in [1.82, 2.24) is 5.01 Å². The van der Waals surface area contributed by atoms with Crippen molar-refractivity contribution in [2.75, 3.05) is 0 Å². The largest absolute Gasteiger partial charge is 0.292 e. The Morgan fingerprint density at radius 1 is 1.13 bits per heavy atom. The van der Waals surface area contributed by atoms with E-state index in [-0.39, 0.29) is 23.8 Å². The highest BCUT2D eigenvalue weighted by molar-refractivity contribution is 6.00. The van der Waals surface area contributed by atoms with Gasteiger partial charge in [0.05, 0.1) is 24.2 Å². The lowest BCUT2D eigenvalue weighted by Crippen LogP contribution is -2.36. The third-order valence-electron chi connectivity index (χ3n) is 4.63. The van der Waals surface area contributed by atoms with E-state index in [9.17, 15) is 10.1 Å². The maximum Gasteiger partial charge on any atom is 0.186 e. The maximum atomic E-state index is 12.9. The van der Waals surface area contributed by atoms with Gasteiger partial charge in [0.25, 0.3) is 0 Å². The van der Waals surface area contributed by atoms with E-state index in [2.05, 4.69) is 11.2 Å². The number of fused-ring (bicyclic) bond motifs is 3. The maximum absolute atomic E-state index is 12.9. The van der Waals surface area contributed by atoms with Crippen molar-refractivity contribution in [2.45, 2.75) is 18.5 Å². The smallest absolute Gasteiger partial charge is 0.186 e. The second-order valence-electron chi connectivity index (χ2n) is 5.92. The van der Waals surface area contributed by atoms with Crippen LogP contribution >= 0.6 is 0 Å². The number of hydrogen-bond acceptors (Lipinski definition) is 4. The van der Waals surface area contributed by atoms with Gasteiger partial charge in [-0.2, -0.15) is 10.4 Å². The lowest BCUT2D eigenvalue weighted by molar-refractivity contribution is 0.0834. The zero-order chi connectivity index (χ0) is 15.8. The summed E-state index contributed by atoms with van der Waals surface area (Å²) in [5.74, 6) is -0.198. The number of ketones is 1. The summed E-state index contributed by atoms with van der Waals surface area (Å²) >= 11 is 0. The van der Waals surface area contributed by atoms with Crippen LogP contribution in [0, 0.1) is 17.2 Å². The third-order valence-corrected chi connectivity index (χ3v) is 4.63. The summed E-state index contributed by atoms with van der Waals surface area (Å²) in [4.78, 5) is 12.9. The molecule has 0 unspecified atom stereocenters. The number of hydrazone groups is 1. The third kappa shape index (κ3) is 2.13. The molecule has 2 aromatic rings. The average Bonchev–Trinajstić information content (AvgIpc) is 3.01. The van der Waals surface area contributed by atoms with Crippen molar-refractivity contribution in [3.05, 3.63) is 71.3 Å². The van der Waals surface area contributed by atoms with Gasteiger partial charge >= 0.3 is 0 Å². The van der Waals surface area contributed by atoms with Crippen LogP contribution in [0.2, 0.25) is 0 Å². The first-order valence-electron chi connectivity index (χ1n) is 7.69. The first kappa shape index (κ1) is 13.7. The van der Waals surface area contributed by atoms with Gasteiger partial charge in [-0.3, -0.25) is 9.80 Å². The summed E-state index contributed by atoms with van der Waals surface area (Å²) in [6, 6.07) is 19.0. The van der Waals surface area contributed by atoms with E-state index in [1.165, 1.54) is 0 Å². The summed E-state index contributed by atoms with van der Waals surface area (Å²) in [6.45, 7) is 0. The molecule has 1 saturated heterocycles. The molecule has 0 aromatic heterocycles. The highest BCUT2D eigenvalue weighted by Crippen LogP contribution is 2.44. The average molecular weight is 301 g/mol. The second-order valence-corrected chi connectivity index (χ2v) is 5.92. The van der Waals surface area contributed by atoms with Crippen molar-refractivity contribution in [2.24, 2.45) is 11.0 Å². The van der Waals surface area contributed by atoms with Gasteiger partial charge < -0.3 is 0 Å². The molecule has 2 aliphatic rings. The van der Waals surface area contributed by atoms with Crippen LogP contribution in [0.25, 0.3) is 0 Å². The molecule has 4 heteroatoms. The highest BCUT2D eigenvalue weighted by atomic mass is 16.1. The van der Waals surface area contributed by atoms with Crippen molar-refractivity contribution in [3.63, 3.8) is 0 Å². The van der Waals surface area contributed by atoms with Crippen LogP contribution in [-0.2, 0) is 0 Å². The van der Waals surface area contributed by atoms with Crippen LogP contribution in [-0.4, -0.2) is 23.0 Å². The Kier molecular flexibility index (Phi) is 3.20. The number of hydrogen-bond donors (Lipinski definition) is 0. The highest BCUT2D eigenvalue weighted by Gasteiger charge is 2.46. The van der Waals surface area contributed by atoms with Crippen LogP contribution in [0.5, 0.6) is 0 Å². The predicted octanol–water partition coefficient (Wildman–Crippen LogP) is 3.17. The van der Waals surface area contributed by atoms with Gasteiger partial charge in [-0.25, -0.2) is 0 Å². The molecule has 0 spiro atoms. The van der Waals surface area contributed by atoms with Crippen LogP contribution in [0.4, 0.5) is 0 Å². The second kappa shape index (κ2) is 5.36. The topological polar surface area (TPSA) is 56.5 Å². The van der Waals surface area contributed by atoms with E-state index in [0.717, 1.165) is 11.1 Å². The molecule has 2 aromatic carbocycles. The molecule has 0 N–H and O–H groups in total. The number of nitriles is 1. The van der Waals surface area contributed by atoms with Gasteiger partial charge in [-0.05, 0) is 17.5 Å². The lowest BCUT2D eigenvalue weighted by Gasteiger charge is -2.31. The zero-order valence-corrected chi connectivity index (χ0v) is 12.5. The minimum atomic E-state index is -0.378. The van der Waals surface area contributed by atoms with Gasteiger partial charge in [0.15, 0.2) is 5.78 Å². The number of carbonyl (C=O) groups is 1. The monoisotopic (exact) mass is 301 g/mol. The van der Waals surface area contributed by atoms with Gasteiger partial charge in [0.1, 0.15) is 6.04 Å². The van der Waals surface area contributed by atoms with Crippen LogP contribution in [0.1, 0.15) is 33.9 Å². The fourth-order valence-electron chi connectivity index (χ4n) is 3.54. The van der Waals surface area contributed by atoms with Crippen LogP contribution in [0.15, 0.2) is 59.7 Å². The summed E-state index contributed by atoms with van der Waals surface area (Å²) in [6.07, 6.45) is 2.30. The Morgan fingerprint density at radius 2 is 1.87 bits per heavy atom. The number of nitrogens with zero attached hydrogens (tertiary/aromatic N) is 3. The standard InChI is InChI=1S/C19H15N3O/c20-11-15-10-17(19(23)13-6-2-1-3-7-13)22-18(15)16-9-5-4-8-14(16)12-21-22/h1-9,12,15,17-18H,10H2/t15-,17+,18+/m0/s1. The SMILES string of the molecule is N#C[C@@H]1C[C@H](C(=O)c2ccccc2)N2N=Cc3ccccc3[C@@H]12. The Labute approximate surface area is 134 Å². The Balaban J connectivity index is 1.74. The van der Waals surface area contributed by atoms with Gasteiger partial charge in [0.2, 0.25) is 0 Å². The normalized spacial score (nSPS) is 24.7. The van der Waals surface area contributed by atoms with E-state index < -0.39 is 0 Å². The number of Topliss-reactive ketones (excluding diaryl/α,β-unsaturated/α-hetero) is 1. The lowest BCUT2D eigenvalue weighted by atomic mass is 9.91. The van der Waals surface area contributed by atoms with Gasteiger partial charge in [-0.1, -0.05) is 54.6 Å². The minimum absolute atomic E-state index is 0.0323. The van der Waals surface area contributed by atoms with Crippen LogP contribution in [0.3, 0.4) is 0 Å². The van der Waals surface area contributed by atoms with Crippen LogP contribution < -0.4 is 0 Å². The van der Waals surface area contributed by atoms with E-state index in [4.69, 9.17) is 0 Å². The van der Waals surface area contributed by atoms with Crippen molar-refractivity contribution in [3.8, 4) is 6.07 Å². The van der Waals surface area contributed by atoms with E-state index in [0.29, 0.717) is 12.0 Å². The fourth-order valence-corrected chi connectivity index (χ4v) is 3.54. The van der Waals surface area contributed by atoms with Crippen molar-refractivity contribution in [1.29, 1.82) is 5.26 Å². The Hall–Kier alpha value is -2.93. The summed E-state index contributed by atoms with van der Waals surface area (Å²) in [7, 11) is 0. The first-order valence-corrected chi connectivity index (χ1v) is 7.69. The molecule has 4 rings (SSSR count). The summed E-state index contributed by atoms with van der Waals surface area (Å²) in [5.41, 5.74) is 2.78. The Bertz CT molecular complexity index is 822. The summed E-state index contributed by atoms with van der Waals surface area (Å²) < 4.78 is 0. The number of carbonyl (C=O) groups excluding carboxylic acids is 1. The molecule has 23 heavy (non-hydrogen) atoms. The van der Waals surface area contributed by atoms with Crippen molar-refractivity contribution < 1.29 is 4.79 Å². The predicted molar refractivity (Wildman–Crippen MR) is 86.9 cm³/mol. The molecular formula is C19H15N3O. The minimum Gasteiger partial charge on any atom is -0.292 e. The molecule has 3 atom stereocenters. The molecule has 2 aliphatic heterocycles. The van der Waals surface area contributed by atoms with Gasteiger partial charge in [-0.15, -0.1) is 0 Å². The molecule has 0 aliphatic carbocycles. The molecule has 1 fully saturated rings. The van der Waals surface area contributed by atoms with E-state index in [1.54, 1.807) is 6.21 Å². The number of rotatable bonds is 2. The quantitative estimate of drug-likeness (QED) is 0.801. The molecule has 112 valence electrons. The molecule has 0 amide bonds. The molecule has 0 saturated carbocycles. The molecule has 0 bridgehead atoms. The first-order chi connectivity index (χ1) is 11.3. The molecule has 0 radical (unpaired) electrons. The molecule has 2 heterocycles.